The van der Waals surface area contributed by atoms with Crippen LogP contribution in [0.5, 0.6) is 0 Å². The number of sulfone groups is 1. The van der Waals surface area contributed by atoms with Crippen molar-refractivity contribution in [2.45, 2.75) is 11.8 Å². The van der Waals surface area contributed by atoms with Gasteiger partial charge in [-0.05, 0) is 30.5 Å². The molecule has 94 valence electrons. The van der Waals surface area contributed by atoms with E-state index in [0.29, 0.717) is 11.4 Å². The predicted octanol–water partition coefficient (Wildman–Crippen LogP) is 3.19. The Morgan fingerprint density at radius 1 is 1.41 bits per heavy atom. The van der Waals surface area contributed by atoms with E-state index < -0.39 is 21.0 Å². The van der Waals surface area contributed by atoms with Crippen LogP contribution in [0.2, 0.25) is 5.02 Å². The van der Waals surface area contributed by atoms with E-state index in [1.54, 1.807) is 0 Å². The number of benzene rings is 1. The van der Waals surface area contributed by atoms with E-state index in [4.69, 9.17) is 23.2 Å². The van der Waals surface area contributed by atoms with Gasteiger partial charge in [0.1, 0.15) is 5.82 Å². The molecule has 0 bridgehead atoms. The molecule has 1 aliphatic heterocycles. The standard InChI is InChI=1S/C11H11Cl2FO2S/c12-8-1-2-10(14)9(5-8)11(13)7-3-4-17(15,16)6-7/h1-2,5,7,11H,3-4,6H2. The maximum Gasteiger partial charge on any atom is 0.150 e. The Labute approximate surface area is 110 Å². The van der Waals surface area contributed by atoms with Crippen molar-refractivity contribution in [3.8, 4) is 0 Å². The van der Waals surface area contributed by atoms with E-state index in [-0.39, 0.29) is 23.0 Å². The number of alkyl halides is 1. The second-order valence-corrected chi connectivity index (χ2v) is 7.37. The van der Waals surface area contributed by atoms with Crippen LogP contribution in [0.1, 0.15) is 17.4 Å². The van der Waals surface area contributed by atoms with Gasteiger partial charge in [0, 0.05) is 10.6 Å². The van der Waals surface area contributed by atoms with Crippen LogP contribution in [0, 0.1) is 11.7 Å². The first-order chi connectivity index (χ1) is 7.89. The molecular formula is C11H11Cl2FO2S. The van der Waals surface area contributed by atoms with Crippen LogP contribution in [-0.2, 0) is 9.84 Å². The lowest BCUT2D eigenvalue weighted by molar-refractivity contribution is 0.536. The van der Waals surface area contributed by atoms with Crippen LogP contribution >= 0.6 is 23.2 Å². The predicted molar refractivity (Wildman–Crippen MR) is 66.8 cm³/mol. The highest BCUT2D eigenvalue weighted by atomic mass is 35.5. The first-order valence-electron chi connectivity index (χ1n) is 5.18. The third kappa shape index (κ3) is 2.92. The van der Waals surface area contributed by atoms with Gasteiger partial charge in [-0.1, -0.05) is 11.6 Å². The van der Waals surface area contributed by atoms with Crippen molar-refractivity contribution in [1.29, 1.82) is 0 Å². The summed E-state index contributed by atoms with van der Waals surface area (Å²) in [6, 6.07) is 4.14. The third-order valence-electron chi connectivity index (χ3n) is 2.94. The van der Waals surface area contributed by atoms with Gasteiger partial charge in [0.05, 0.1) is 16.9 Å². The summed E-state index contributed by atoms with van der Waals surface area (Å²) in [6.07, 6.45) is 0.475. The second-order valence-electron chi connectivity index (χ2n) is 4.23. The van der Waals surface area contributed by atoms with Gasteiger partial charge in [0.25, 0.3) is 0 Å². The quantitative estimate of drug-likeness (QED) is 0.786. The van der Waals surface area contributed by atoms with Crippen LogP contribution in [0.3, 0.4) is 0 Å². The van der Waals surface area contributed by atoms with Crippen LogP contribution in [0.4, 0.5) is 4.39 Å². The van der Waals surface area contributed by atoms with Crippen molar-refractivity contribution in [3.05, 3.63) is 34.6 Å². The Kier molecular flexibility index (Phi) is 3.66. The molecule has 1 aromatic rings. The summed E-state index contributed by atoms with van der Waals surface area (Å²) in [5, 5.41) is -0.251. The maximum absolute atomic E-state index is 13.6. The summed E-state index contributed by atoms with van der Waals surface area (Å²) >= 11 is 11.9. The minimum atomic E-state index is -3.01. The van der Waals surface area contributed by atoms with E-state index in [1.165, 1.54) is 18.2 Å². The van der Waals surface area contributed by atoms with Gasteiger partial charge >= 0.3 is 0 Å². The lowest BCUT2D eigenvalue weighted by atomic mass is 9.98. The fraction of sp³-hybridized carbons (Fsp3) is 0.455. The average Bonchev–Trinajstić information content (AvgIpc) is 2.61. The van der Waals surface area contributed by atoms with Gasteiger partial charge in [-0.25, -0.2) is 12.8 Å². The maximum atomic E-state index is 13.6. The summed E-state index contributed by atoms with van der Waals surface area (Å²) in [6.45, 7) is 0. The van der Waals surface area contributed by atoms with Gasteiger partial charge in [-0.2, -0.15) is 0 Å². The Bertz CT molecular complexity index is 530. The lowest BCUT2D eigenvalue weighted by Crippen LogP contribution is -2.11. The summed E-state index contributed by atoms with van der Waals surface area (Å²) < 4.78 is 36.3. The Hall–Kier alpha value is -0.320. The highest BCUT2D eigenvalue weighted by Crippen LogP contribution is 2.38. The number of rotatable bonds is 2. The molecule has 2 unspecified atom stereocenters. The SMILES string of the molecule is O=S1(=O)CCC(C(Cl)c2cc(Cl)ccc2F)C1. The van der Waals surface area contributed by atoms with E-state index in [0.717, 1.165) is 0 Å². The smallest absolute Gasteiger partial charge is 0.150 e. The minimum Gasteiger partial charge on any atom is -0.229 e. The average molecular weight is 297 g/mol. The molecule has 0 spiro atoms. The lowest BCUT2D eigenvalue weighted by Gasteiger charge is -2.16. The van der Waals surface area contributed by atoms with Crippen LogP contribution in [0.15, 0.2) is 18.2 Å². The topological polar surface area (TPSA) is 34.1 Å². The van der Waals surface area contributed by atoms with Gasteiger partial charge in [-0.15, -0.1) is 11.6 Å². The molecule has 0 amide bonds. The highest BCUT2D eigenvalue weighted by molar-refractivity contribution is 7.91. The number of hydrogen-bond donors (Lipinski definition) is 0. The molecule has 0 saturated carbocycles. The van der Waals surface area contributed by atoms with E-state index in [2.05, 4.69) is 0 Å². The first-order valence-corrected chi connectivity index (χ1v) is 7.82. The molecule has 0 radical (unpaired) electrons. The zero-order valence-corrected chi connectivity index (χ0v) is 11.2. The molecule has 1 fully saturated rings. The Morgan fingerprint density at radius 2 is 2.12 bits per heavy atom. The Balaban J connectivity index is 2.26. The molecule has 17 heavy (non-hydrogen) atoms. The van der Waals surface area contributed by atoms with Crippen molar-refractivity contribution in [1.82, 2.24) is 0 Å². The van der Waals surface area contributed by atoms with Crippen molar-refractivity contribution >= 4 is 33.0 Å². The molecule has 1 aromatic carbocycles. The number of halogens is 3. The second kappa shape index (κ2) is 4.75. The van der Waals surface area contributed by atoms with Gasteiger partial charge < -0.3 is 0 Å². The molecule has 2 atom stereocenters. The summed E-state index contributed by atoms with van der Waals surface area (Å²) in [7, 11) is -3.01. The van der Waals surface area contributed by atoms with E-state index in [1.807, 2.05) is 0 Å². The normalized spacial score (nSPS) is 24.8. The molecule has 1 saturated heterocycles. The van der Waals surface area contributed by atoms with Crippen molar-refractivity contribution in [2.24, 2.45) is 5.92 Å². The van der Waals surface area contributed by atoms with Gasteiger partial charge in [-0.3, -0.25) is 0 Å². The zero-order valence-electron chi connectivity index (χ0n) is 8.87. The van der Waals surface area contributed by atoms with Gasteiger partial charge in [0.15, 0.2) is 9.84 Å². The number of hydrogen-bond acceptors (Lipinski definition) is 2. The molecule has 0 N–H and O–H groups in total. The molecule has 1 heterocycles. The highest BCUT2D eigenvalue weighted by Gasteiger charge is 2.34. The van der Waals surface area contributed by atoms with E-state index >= 15 is 0 Å². The minimum absolute atomic E-state index is 0.0210. The summed E-state index contributed by atoms with van der Waals surface area (Å²) in [5.74, 6) is -0.538. The summed E-state index contributed by atoms with van der Waals surface area (Å²) in [5.41, 5.74) is 0.279. The molecule has 0 aromatic heterocycles. The molecule has 6 heteroatoms. The first kappa shape index (κ1) is 13.1. The molecule has 1 aliphatic rings. The Morgan fingerprint density at radius 3 is 2.71 bits per heavy atom. The van der Waals surface area contributed by atoms with Gasteiger partial charge in [0.2, 0.25) is 0 Å². The van der Waals surface area contributed by atoms with Crippen molar-refractivity contribution in [2.75, 3.05) is 11.5 Å². The van der Waals surface area contributed by atoms with E-state index in [9.17, 15) is 12.8 Å². The monoisotopic (exact) mass is 296 g/mol. The van der Waals surface area contributed by atoms with Crippen LogP contribution in [-0.4, -0.2) is 19.9 Å². The van der Waals surface area contributed by atoms with Crippen LogP contribution < -0.4 is 0 Å². The molecule has 2 nitrogen and oxygen atoms in total. The zero-order chi connectivity index (χ0) is 12.6. The van der Waals surface area contributed by atoms with Crippen molar-refractivity contribution < 1.29 is 12.8 Å². The fourth-order valence-electron chi connectivity index (χ4n) is 2.03. The largest absolute Gasteiger partial charge is 0.229 e. The van der Waals surface area contributed by atoms with Crippen LogP contribution in [0.25, 0.3) is 0 Å². The molecule has 2 rings (SSSR count). The molecule has 0 aliphatic carbocycles. The fourth-order valence-corrected chi connectivity index (χ4v) is 4.54. The molecular weight excluding hydrogens is 286 g/mol. The van der Waals surface area contributed by atoms with Crippen molar-refractivity contribution in [3.63, 3.8) is 0 Å². The third-order valence-corrected chi connectivity index (χ3v) is 5.56. The summed E-state index contributed by atoms with van der Waals surface area (Å²) in [4.78, 5) is 0.